The van der Waals surface area contributed by atoms with E-state index in [1.54, 1.807) is 19.1 Å². The van der Waals surface area contributed by atoms with Gasteiger partial charge in [0.15, 0.2) is 5.82 Å². The fourth-order valence-corrected chi connectivity index (χ4v) is 2.94. The lowest BCUT2D eigenvalue weighted by Crippen LogP contribution is -2.26. The number of hydrogen-bond donors (Lipinski definition) is 3. The van der Waals surface area contributed by atoms with Crippen LogP contribution in [0.5, 0.6) is 0 Å². The largest absolute Gasteiger partial charge is 0.398 e. The van der Waals surface area contributed by atoms with Crippen LogP contribution in [-0.4, -0.2) is 23.1 Å². The second kappa shape index (κ2) is 8.58. The van der Waals surface area contributed by atoms with E-state index in [0.717, 1.165) is 10.8 Å². The maximum absolute atomic E-state index is 13.7. The van der Waals surface area contributed by atoms with E-state index in [1.807, 2.05) is 13.3 Å². The second-order valence-corrected chi connectivity index (χ2v) is 9.05. The van der Waals surface area contributed by atoms with Crippen LogP contribution < -0.4 is 22.3 Å². The van der Waals surface area contributed by atoms with Gasteiger partial charge < -0.3 is 16.8 Å². The van der Waals surface area contributed by atoms with Crippen LogP contribution in [0.1, 0.15) is 29.7 Å². The molecule has 1 aromatic carbocycles. The molecule has 0 bridgehead atoms. The molecule has 0 spiro atoms. The quantitative estimate of drug-likeness (QED) is 0.617. The van der Waals surface area contributed by atoms with E-state index in [9.17, 15) is 13.6 Å². The highest BCUT2D eigenvalue weighted by molar-refractivity contribution is 7.60. The summed E-state index contributed by atoms with van der Waals surface area (Å²) in [6, 6.07) is 6.09. The molecule has 0 saturated carbocycles. The van der Waals surface area contributed by atoms with E-state index in [1.165, 1.54) is 25.2 Å². The number of rotatable bonds is 6. The fraction of sp³-hybridized carbons (Fsp3) is 0.316. The predicted octanol–water partition coefficient (Wildman–Crippen LogP) is 3.15. The third-order valence-corrected chi connectivity index (χ3v) is 5.53. The normalized spacial score (nSPS) is 13.2. The minimum absolute atomic E-state index is 0.0123. The number of nitrogens with two attached hydrogens (primary N) is 2. The van der Waals surface area contributed by atoms with Gasteiger partial charge in [-0.2, -0.15) is 19.1 Å². The number of hydrogen-bond acceptors (Lipinski definition) is 6. The number of nitrogen functional groups attached to an aromatic ring is 1. The smallest absolute Gasteiger partial charge is 0.357 e. The zero-order valence-corrected chi connectivity index (χ0v) is 17.5. The van der Waals surface area contributed by atoms with Crippen molar-refractivity contribution >= 4 is 25.5 Å². The van der Waals surface area contributed by atoms with Crippen molar-refractivity contribution in [3.05, 3.63) is 56.7 Å². The van der Waals surface area contributed by atoms with Crippen molar-refractivity contribution in [2.75, 3.05) is 24.4 Å². The molecular formula is C19H23F2N6OP. The first-order chi connectivity index (χ1) is 13.5. The first-order valence-electron chi connectivity index (χ1n) is 8.65. The number of aryl methyl sites for hydroxylation is 1. The topological polar surface area (TPSA) is 123 Å². The first-order valence-corrected chi connectivity index (χ1v) is 10.9. The summed E-state index contributed by atoms with van der Waals surface area (Å²) in [5.74, 6) is -3.29. The van der Waals surface area contributed by atoms with Crippen molar-refractivity contribution in [1.82, 2.24) is 9.78 Å². The Morgan fingerprint density at radius 3 is 2.69 bits per heavy atom. The molecule has 0 unspecified atom stereocenters. The molecule has 0 radical (unpaired) electrons. The third-order valence-electron chi connectivity index (χ3n) is 4.37. The summed E-state index contributed by atoms with van der Waals surface area (Å²) in [6.45, 7) is 5.67. The Hall–Kier alpha value is -2.98. The lowest BCUT2D eigenvalue weighted by Gasteiger charge is -2.20. The Morgan fingerprint density at radius 2 is 2.10 bits per heavy atom. The van der Waals surface area contributed by atoms with Crippen molar-refractivity contribution in [3.63, 3.8) is 0 Å². The molecule has 0 saturated heterocycles. The van der Waals surface area contributed by atoms with Crippen LogP contribution in [-0.2, 0) is 13.0 Å². The monoisotopic (exact) mass is 420 g/mol. The Balaban J connectivity index is 2.49. The number of benzene rings is 1. The SMILES string of the molecule is C[C@@H](Nc1nn(C)c(=O)c(N)c1/C=C(\N)P(C)C)c1cccc(C(F)(F)C#N)c1. The van der Waals surface area contributed by atoms with E-state index in [2.05, 4.69) is 10.4 Å². The van der Waals surface area contributed by atoms with Gasteiger partial charge in [0.25, 0.3) is 5.56 Å². The molecule has 154 valence electrons. The molecule has 0 aliphatic carbocycles. The van der Waals surface area contributed by atoms with Crippen LogP contribution in [0.25, 0.3) is 6.08 Å². The Bertz CT molecular complexity index is 1040. The average Bonchev–Trinajstić information content (AvgIpc) is 2.69. The van der Waals surface area contributed by atoms with Gasteiger partial charge in [-0.05, 0) is 38.0 Å². The number of nitriles is 1. The Morgan fingerprint density at radius 1 is 1.45 bits per heavy atom. The lowest BCUT2D eigenvalue weighted by molar-refractivity contribution is 0.0612. The Kier molecular flexibility index (Phi) is 6.60. The summed E-state index contributed by atoms with van der Waals surface area (Å²) in [7, 11) is 0.858. The zero-order valence-electron chi connectivity index (χ0n) is 16.6. The molecule has 1 heterocycles. The molecule has 0 fully saturated rings. The molecule has 5 N–H and O–H groups in total. The van der Waals surface area contributed by atoms with E-state index >= 15 is 0 Å². The van der Waals surface area contributed by atoms with Crippen molar-refractivity contribution in [2.24, 2.45) is 12.8 Å². The van der Waals surface area contributed by atoms with E-state index in [4.69, 9.17) is 16.7 Å². The van der Waals surface area contributed by atoms with Gasteiger partial charge in [-0.15, -0.1) is 0 Å². The van der Waals surface area contributed by atoms with Crippen LogP contribution in [0.3, 0.4) is 0 Å². The van der Waals surface area contributed by atoms with Crippen molar-refractivity contribution in [1.29, 1.82) is 5.26 Å². The standard InChI is InChI=1S/C19H23F2N6OP/c1-11(12-6-5-7-13(8-12)19(20,21)10-22)25-17-14(9-15(23)29(3)4)16(24)18(28)27(2)26-17/h5-9,11H,23-24H2,1-4H3,(H,25,26)/b15-9+/t11-/m1/s1. The summed E-state index contributed by atoms with van der Waals surface area (Å²) in [5, 5.41) is 16.0. The van der Waals surface area contributed by atoms with Gasteiger partial charge in [-0.1, -0.05) is 26.1 Å². The zero-order chi connectivity index (χ0) is 21.9. The van der Waals surface area contributed by atoms with Crippen LogP contribution >= 0.6 is 7.92 Å². The summed E-state index contributed by atoms with van der Waals surface area (Å²) >= 11 is 0. The predicted molar refractivity (Wildman–Crippen MR) is 113 cm³/mol. The highest BCUT2D eigenvalue weighted by atomic mass is 31.1. The summed E-state index contributed by atoms with van der Waals surface area (Å²) in [5.41, 5.74) is 12.6. The molecule has 0 aliphatic heterocycles. The molecule has 1 aromatic heterocycles. The van der Waals surface area contributed by atoms with Crippen LogP contribution in [0.2, 0.25) is 0 Å². The number of nitrogens with zero attached hydrogens (tertiary/aromatic N) is 3. The van der Waals surface area contributed by atoms with Gasteiger partial charge >= 0.3 is 5.92 Å². The maximum Gasteiger partial charge on any atom is 0.357 e. The molecule has 7 nitrogen and oxygen atoms in total. The minimum atomic E-state index is -3.59. The van der Waals surface area contributed by atoms with Gasteiger partial charge in [0.2, 0.25) is 0 Å². The number of halogens is 2. The van der Waals surface area contributed by atoms with Gasteiger partial charge in [-0.25, -0.2) is 4.68 Å². The summed E-state index contributed by atoms with van der Waals surface area (Å²) in [4.78, 5) is 12.2. The van der Waals surface area contributed by atoms with E-state index in [0.29, 0.717) is 22.4 Å². The molecular weight excluding hydrogens is 397 g/mol. The molecule has 1 atom stereocenters. The van der Waals surface area contributed by atoms with E-state index < -0.39 is 31.0 Å². The van der Waals surface area contributed by atoms with E-state index in [-0.39, 0.29) is 5.69 Å². The van der Waals surface area contributed by atoms with Crippen molar-refractivity contribution in [3.8, 4) is 6.07 Å². The van der Waals surface area contributed by atoms with Crippen molar-refractivity contribution < 1.29 is 8.78 Å². The fourth-order valence-electron chi connectivity index (χ4n) is 2.55. The van der Waals surface area contributed by atoms with Crippen LogP contribution in [0, 0.1) is 11.3 Å². The maximum atomic E-state index is 13.7. The lowest BCUT2D eigenvalue weighted by atomic mass is 10.0. The van der Waals surface area contributed by atoms with Crippen LogP contribution in [0.4, 0.5) is 20.3 Å². The molecule has 0 aliphatic rings. The van der Waals surface area contributed by atoms with Gasteiger partial charge in [-0.3, -0.25) is 4.79 Å². The van der Waals surface area contributed by atoms with Crippen molar-refractivity contribution in [2.45, 2.75) is 18.9 Å². The minimum Gasteiger partial charge on any atom is -0.398 e. The molecule has 29 heavy (non-hydrogen) atoms. The molecule has 2 rings (SSSR count). The van der Waals surface area contributed by atoms with Crippen LogP contribution in [0.15, 0.2) is 34.5 Å². The highest BCUT2D eigenvalue weighted by Gasteiger charge is 2.31. The third kappa shape index (κ3) is 4.90. The first kappa shape index (κ1) is 22.3. The number of alkyl halides is 2. The average molecular weight is 420 g/mol. The highest BCUT2D eigenvalue weighted by Crippen LogP contribution is 2.35. The second-order valence-electron chi connectivity index (χ2n) is 6.75. The van der Waals surface area contributed by atoms with Gasteiger partial charge in [0.1, 0.15) is 11.8 Å². The number of anilines is 2. The van der Waals surface area contributed by atoms with Gasteiger partial charge in [0, 0.05) is 23.6 Å². The number of nitrogens with one attached hydrogen (secondary N) is 1. The molecule has 0 amide bonds. The number of aromatic nitrogens is 2. The molecule has 2 aromatic rings. The Labute approximate surface area is 168 Å². The van der Waals surface area contributed by atoms with Gasteiger partial charge in [0.05, 0.1) is 6.04 Å². The summed E-state index contributed by atoms with van der Waals surface area (Å²) in [6.07, 6.45) is 1.62. The summed E-state index contributed by atoms with van der Waals surface area (Å²) < 4.78 is 28.5. The molecule has 10 heteroatoms.